The second-order valence-corrected chi connectivity index (χ2v) is 8.22. The van der Waals surface area contributed by atoms with Crippen molar-refractivity contribution in [1.82, 2.24) is 15.1 Å². The average Bonchev–Trinajstić information content (AvgIpc) is 3.17. The molecule has 0 radical (unpaired) electrons. The van der Waals surface area contributed by atoms with Gasteiger partial charge in [-0.2, -0.15) is 5.10 Å². The van der Waals surface area contributed by atoms with E-state index in [-0.39, 0.29) is 17.8 Å². The first-order valence-corrected chi connectivity index (χ1v) is 10.5. The Morgan fingerprint density at radius 3 is 2.32 bits per heavy atom. The third kappa shape index (κ3) is 4.66. The summed E-state index contributed by atoms with van der Waals surface area (Å²) in [7, 11) is 0. The first-order chi connectivity index (χ1) is 14.9. The van der Waals surface area contributed by atoms with Crippen LogP contribution in [0, 0.1) is 5.82 Å². The van der Waals surface area contributed by atoms with Crippen molar-refractivity contribution in [3.05, 3.63) is 101 Å². The normalized spacial score (nSPS) is 12.3. The van der Waals surface area contributed by atoms with Crippen molar-refractivity contribution in [1.29, 1.82) is 0 Å². The molecule has 158 valence electrons. The molecule has 1 N–H and O–H groups in total. The number of amides is 1. The maximum atomic E-state index is 13.2. The van der Waals surface area contributed by atoms with Gasteiger partial charge in [-0.3, -0.25) is 9.48 Å². The highest BCUT2D eigenvalue weighted by molar-refractivity contribution is 5.98. The van der Waals surface area contributed by atoms with Crippen LogP contribution in [0.3, 0.4) is 0 Å². The molecule has 1 amide bonds. The van der Waals surface area contributed by atoms with Crippen LogP contribution in [0.5, 0.6) is 0 Å². The molecule has 0 bridgehead atoms. The molecule has 4 aromatic rings. The molecule has 0 unspecified atom stereocenters. The highest BCUT2D eigenvalue weighted by atomic mass is 19.1. The Bertz CT molecular complexity index is 1190. The number of nitrogens with one attached hydrogen (secondary N) is 1. The van der Waals surface area contributed by atoms with E-state index >= 15 is 0 Å². The summed E-state index contributed by atoms with van der Waals surface area (Å²) in [5.41, 5.74) is 4.74. The minimum Gasteiger partial charge on any atom is -0.346 e. The van der Waals surface area contributed by atoms with Crippen LogP contribution in [-0.2, 0) is 6.54 Å². The summed E-state index contributed by atoms with van der Waals surface area (Å²) in [6.45, 7) is 6.82. The largest absolute Gasteiger partial charge is 0.346 e. The van der Waals surface area contributed by atoms with Crippen LogP contribution < -0.4 is 5.32 Å². The molecule has 0 saturated heterocycles. The van der Waals surface area contributed by atoms with E-state index in [0.717, 1.165) is 22.0 Å². The topological polar surface area (TPSA) is 46.9 Å². The van der Waals surface area contributed by atoms with Crippen LogP contribution in [0.4, 0.5) is 4.39 Å². The third-order valence-electron chi connectivity index (χ3n) is 5.60. The van der Waals surface area contributed by atoms with Crippen molar-refractivity contribution in [2.24, 2.45) is 0 Å². The van der Waals surface area contributed by atoms with Gasteiger partial charge >= 0.3 is 0 Å². The quantitative estimate of drug-likeness (QED) is 0.430. The minimum atomic E-state index is -0.263. The summed E-state index contributed by atoms with van der Waals surface area (Å²) in [5, 5.41) is 8.47. The molecular weight excluding hydrogens is 389 g/mol. The minimum absolute atomic E-state index is 0.103. The van der Waals surface area contributed by atoms with Gasteiger partial charge in [-0.25, -0.2) is 4.39 Å². The van der Waals surface area contributed by atoms with Crippen LogP contribution >= 0.6 is 0 Å². The first kappa shape index (κ1) is 20.8. The third-order valence-corrected chi connectivity index (χ3v) is 5.60. The highest BCUT2D eigenvalue weighted by Crippen LogP contribution is 2.21. The Balaban J connectivity index is 1.52. The van der Waals surface area contributed by atoms with Gasteiger partial charge < -0.3 is 5.32 Å². The number of carbonyl (C=O) groups is 1. The second-order valence-electron chi connectivity index (χ2n) is 8.22. The summed E-state index contributed by atoms with van der Waals surface area (Å²) < 4.78 is 15.0. The number of carbonyl (C=O) groups excluding carboxylic acids is 1. The lowest BCUT2D eigenvalue weighted by molar-refractivity contribution is 0.0940. The zero-order valence-electron chi connectivity index (χ0n) is 18.0. The maximum absolute atomic E-state index is 13.2. The standard InChI is InChI=1S/C26H26FN3O/c1-17(2)20-6-8-21(9-7-20)18(3)29-26(31)22-10-11-23-15-28-30(25(23)14-22)16-19-4-12-24(27)13-5-19/h4-15,17-18H,16H2,1-3H3,(H,29,31)/t18-/m1/s1. The Labute approximate surface area is 181 Å². The molecule has 31 heavy (non-hydrogen) atoms. The predicted octanol–water partition coefficient (Wildman–Crippen LogP) is 5.84. The van der Waals surface area contributed by atoms with E-state index in [1.54, 1.807) is 18.3 Å². The van der Waals surface area contributed by atoms with E-state index in [1.165, 1.54) is 17.7 Å². The number of benzene rings is 3. The SMILES string of the molecule is CC(C)c1ccc([C@@H](C)NC(=O)c2ccc3cnn(Cc4ccc(F)cc4)c3c2)cc1. The van der Waals surface area contributed by atoms with Gasteiger partial charge in [-0.15, -0.1) is 0 Å². The van der Waals surface area contributed by atoms with Crippen molar-refractivity contribution in [3.8, 4) is 0 Å². The number of nitrogens with zero attached hydrogens (tertiary/aromatic N) is 2. The summed E-state index contributed by atoms with van der Waals surface area (Å²) in [4.78, 5) is 12.9. The monoisotopic (exact) mass is 415 g/mol. The van der Waals surface area contributed by atoms with Gasteiger partial charge in [0, 0.05) is 10.9 Å². The van der Waals surface area contributed by atoms with Crippen LogP contribution in [0.2, 0.25) is 0 Å². The fourth-order valence-electron chi connectivity index (χ4n) is 3.63. The lowest BCUT2D eigenvalue weighted by Gasteiger charge is -2.16. The number of halogens is 1. The molecule has 1 aromatic heterocycles. The Kier molecular flexibility index (Phi) is 5.85. The molecule has 1 heterocycles. The molecule has 0 aliphatic heterocycles. The van der Waals surface area contributed by atoms with Crippen LogP contribution in [-0.4, -0.2) is 15.7 Å². The molecule has 0 spiro atoms. The fourth-order valence-corrected chi connectivity index (χ4v) is 3.63. The fraction of sp³-hybridized carbons (Fsp3) is 0.231. The van der Waals surface area contributed by atoms with E-state index in [9.17, 15) is 9.18 Å². The number of fused-ring (bicyclic) bond motifs is 1. The van der Waals surface area contributed by atoms with Gasteiger partial charge in [0.1, 0.15) is 5.82 Å². The zero-order chi connectivity index (χ0) is 22.0. The van der Waals surface area contributed by atoms with Gasteiger partial charge in [-0.05, 0) is 53.8 Å². The molecule has 0 aliphatic rings. The average molecular weight is 416 g/mol. The van der Waals surface area contributed by atoms with Crippen molar-refractivity contribution in [3.63, 3.8) is 0 Å². The van der Waals surface area contributed by atoms with E-state index in [1.807, 2.05) is 29.8 Å². The molecule has 0 fully saturated rings. The Morgan fingerprint density at radius 1 is 0.968 bits per heavy atom. The van der Waals surface area contributed by atoms with Gasteiger partial charge in [-0.1, -0.05) is 56.3 Å². The first-order valence-electron chi connectivity index (χ1n) is 10.5. The molecule has 1 atom stereocenters. The molecule has 5 heteroatoms. The van der Waals surface area contributed by atoms with Gasteiger partial charge in [0.15, 0.2) is 0 Å². The van der Waals surface area contributed by atoms with E-state index in [0.29, 0.717) is 18.0 Å². The van der Waals surface area contributed by atoms with Crippen LogP contribution in [0.25, 0.3) is 10.9 Å². The van der Waals surface area contributed by atoms with E-state index in [2.05, 4.69) is 48.5 Å². The van der Waals surface area contributed by atoms with E-state index in [4.69, 9.17) is 0 Å². The molecule has 0 saturated carbocycles. The molecule has 0 aliphatic carbocycles. The molecular formula is C26H26FN3O. The zero-order valence-corrected chi connectivity index (χ0v) is 18.0. The Morgan fingerprint density at radius 2 is 1.65 bits per heavy atom. The van der Waals surface area contributed by atoms with Crippen molar-refractivity contribution >= 4 is 16.8 Å². The van der Waals surface area contributed by atoms with Crippen molar-refractivity contribution in [2.45, 2.75) is 39.3 Å². The van der Waals surface area contributed by atoms with Crippen LogP contribution in [0.15, 0.2) is 72.9 Å². The maximum Gasteiger partial charge on any atom is 0.251 e. The number of hydrogen-bond donors (Lipinski definition) is 1. The second kappa shape index (κ2) is 8.72. The van der Waals surface area contributed by atoms with Crippen molar-refractivity contribution in [2.75, 3.05) is 0 Å². The lowest BCUT2D eigenvalue weighted by atomic mass is 9.99. The molecule has 4 nitrogen and oxygen atoms in total. The van der Waals surface area contributed by atoms with Gasteiger partial charge in [0.25, 0.3) is 5.91 Å². The summed E-state index contributed by atoms with van der Waals surface area (Å²) in [5.74, 6) is 0.0864. The Hall–Kier alpha value is -3.47. The summed E-state index contributed by atoms with van der Waals surface area (Å²) >= 11 is 0. The number of rotatable bonds is 6. The lowest BCUT2D eigenvalue weighted by Crippen LogP contribution is -2.26. The highest BCUT2D eigenvalue weighted by Gasteiger charge is 2.14. The van der Waals surface area contributed by atoms with Crippen LogP contribution in [0.1, 0.15) is 59.8 Å². The van der Waals surface area contributed by atoms with E-state index < -0.39 is 0 Å². The van der Waals surface area contributed by atoms with Gasteiger partial charge in [0.2, 0.25) is 0 Å². The predicted molar refractivity (Wildman–Crippen MR) is 122 cm³/mol. The summed E-state index contributed by atoms with van der Waals surface area (Å²) in [6, 6.07) is 20.2. The number of hydrogen-bond acceptors (Lipinski definition) is 2. The number of aromatic nitrogens is 2. The summed E-state index contributed by atoms with van der Waals surface area (Å²) in [6.07, 6.45) is 1.78. The van der Waals surface area contributed by atoms with Crippen molar-refractivity contribution < 1.29 is 9.18 Å². The molecule has 3 aromatic carbocycles. The van der Waals surface area contributed by atoms with Gasteiger partial charge in [0.05, 0.1) is 24.3 Å². The molecule has 4 rings (SSSR count). The smallest absolute Gasteiger partial charge is 0.251 e.